The lowest BCUT2D eigenvalue weighted by molar-refractivity contribution is -0.117. The minimum absolute atomic E-state index is 0.241. The molecule has 0 aromatic heterocycles. The Labute approximate surface area is 141 Å². The summed E-state index contributed by atoms with van der Waals surface area (Å²) in [5.74, 6) is 3.13. The van der Waals surface area contributed by atoms with E-state index in [-0.39, 0.29) is 5.78 Å². The highest BCUT2D eigenvalue weighted by molar-refractivity contribution is 5.75. The minimum atomic E-state index is 0.241. The summed E-state index contributed by atoms with van der Waals surface area (Å²) in [4.78, 5) is 11.2. The van der Waals surface area contributed by atoms with Gasteiger partial charge in [-0.1, -0.05) is 40.7 Å². The predicted molar refractivity (Wildman–Crippen MR) is 95.4 cm³/mol. The molecule has 130 valence electrons. The van der Waals surface area contributed by atoms with E-state index in [0.717, 1.165) is 17.9 Å². The van der Waals surface area contributed by atoms with Crippen molar-refractivity contribution < 1.29 is 14.3 Å². The van der Waals surface area contributed by atoms with Crippen LogP contribution in [0.5, 0.6) is 11.5 Å². The number of carbonyl (C=O) groups is 1. The number of carbonyl (C=O) groups excluding carboxylic acids is 1. The van der Waals surface area contributed by atoms with Crippen molar-refractivity contribution in [2.24, 2.45) is 11.8 Å². The van der Waals surface area contributed by atoms with Crippen LogP contribution in [0.25, 0.3) is 0 Å². The standard InChI is InChI=1S/C20H32O3/c1-14(2)12-22-19-10-9-18(16(5)7-8-17(6)21)11-20(19)23-13-15(3)4/h9-11,14-16H,7-8,12-13H2,1-6H3. The van der Waals surface area contributed by atoms with Crippen LogP contribution < -0.4 is 9.47 Å². The van der Waals surface area contributed by atoms with Crippen LogP contribution in [0.2, 0.25) is 0 Å². The molecular weight excluding hydrogens is 288 g/mol. The summed E-state index contributed by atoms with van der Waals surface area (Å²) < 4.78 is 11.8. The van der Waals surface area contributed by atoms with Gasteiger partial charge in [-0.15, -0.1) is 0 Å². The molecule has 0 saturated carbocycles. The maximum atomic E-state index is 11.2. The second-order valence-electron chi connectivity index (χ2n) is 7.26. The molecule has 0 amide bonds. The van der Waals surface area contributed by atoms with Gasteiger partial charge in [0.05, 0.1) is 13.2 Å². The van der Waals surface area contributed by atoms with Gasteiger partial charge in [0.1, 0.15) is 5.78 Å². The molecule has 0 aliphatic rings. The molecule has 0 fully saturated rings. The maximum absolute atomic E-state index is 11.2. The lowest BCUT2D eigenvalue weighted by Gasteiger charge is -2.18. The third-order valence-corrected chi connectivity index (χ3v) is 3.61. The molecule has 0 N–H and O–H groups in total. The normalized spacial score (nSPS) is 12.5. The smallest absolute Gasteiger partial charge is 0.161 e. The summed E-state index contributed by atoms with van der Waals surface area (Å²) in [6.07, 6.45) is 1.49. The van der Waals surface area contributed by atoms with Gasteiger partial charge in [-0.2, -0.15) is 0 Å². The summed E-state index contributed by atoms with van der Waals surface area (Å²) in [6, 6.07) is 6.16. The number of Topliss-reactive ketones (excluding diaryl/α,β-unsaturated/α-hetero) is 1. The summed E-state index contributed by atoms with van der Waals surface area (Å²) >= 11 is 0. The summed E-state index contributed by atoms with van der Waals surface area (Å²) in [6.45, 7) is 13.7. The van der Waals surface area contributed by atoms with Gasteiger partial charge >= 0.3 is 0 Å². The van der Waals surface area contributed by atoms with Crippen molar-refractivity contribution in [3.05, 3.63) is 23.8 Å². The molecule has 0 aliphatic heterocycles. The Hall–Kier alpha value is -1.51. The lowest BCUT2D eigenvalue weighted by atomic mass is 9.95. The first-order chi connectivity index (χ1) is 10.8. The number of ether oxygens (including phenoxy) is 2. The second-order valence-corrected chi connectivity index (χ2v) is 7.26. The van der Waals surface area contributed by atoms with Gasteiger partial charge in [0.15, 0.2) is 11.5 Å². The van der Waals surface area contributed by atoms with Crippen LogP contribution in [0.4, 0.5) is 0 Å². The molecule has 1 rings (SSSR count). The molecule has 0 aliphatic carbocycles. The van der Waals surface area contributed by atoms with Crippen molar-refractivity contribution in [3.8, 4) is 11.5 Å². The van der Waals surface area contributed by atoms with E-state index in [0.29, 0.717) is 37.4 Å². The summed E-state index contributed by atoms with van der Waals surface area (Å²) in [5.41, 5.74) is 1.20. The summed E-state index contributed by atoms with van der Waals surface area (Å²) in [7, 11) is 0. The van der Waals surface area contributed by atoms with E-state index in [9.17, 15) is 4.79 Å². The van der Waals surface area contributed by atoms with Crippen molar-refractivity contribution in [2.75, 3.05) is 13.2 Å². The topological polar surface area (TPSA) is 35.5 Å². The summed E-state index contributed by atoms with van der Waals surface area (Å²) in [5, 5.41) is 0. The van der Waals surface area contributed by atoms with Crippen LogP contribution in [0, 0.1) is 11.8 Å². The van der Waals surface area contributed by atoms with Crippen LogP contribution in [0.3, 0.4) is 0 Å². The molecule has 1 atom stereocenters. The second kappa shape index (κ2) is 9.59. The van der Waals surface area contributed by atoms with Crippen LogP contribution in [-0.4, -0.2) is 19.0 Å². The van der Waals surface area contributed by atoms with Gasteiger partial charge in [-0.3, -0.25) is 0 Å². The number of hydrogen-bond acceptors (Lipinski definition) is 3. The fraction of sp³-hybridized carbons (Fsp3) is 0.650. The third kappa shape index (κ3) is 7.54. The van der Waals surface area contributed by atoms with Crippen molar-refractivity contribution >= 4 is 5.78 Å². The largest absolute Gasteiger partial charge is 0.489 e. The Morgan fingerprint density at radius 3 is 2.04 bits per heavy atom. The van der Waals surface area contributed by atoms with Crippen molar-refractivity contribution in [3.63, 3.8) is 0 Å². The predicted octanol–water partition coefficient (Wildman–Crippen LogP) is 5.23. The Kier molecular flexibility index (Phi) is 8.15. The van der Waals surface area contributed by atoms with Crippen molar-refractivity contribution in [1.29, 1.82) is 0 Å². The quantitative estimate of drug-likeness (QED) is 0.592. The molecule has 1 aromatic rings. The van der Waals surface area contributed by atoms with Crippen LogP contribution in [0.1, 0.15) is 65.9 Å². The monoisotopic (exact) mass is 320 g/mol. The minimum Gasteiger partial charge on any atom is -0.489 e. The number of benzene rings is 1. The van der Waals surface area contributed by atoms with Crippen LogP contribution in [0.15, 0.2) is 18.2 Å². The molecule has 0 bridgehead atoms. The highest BCUT2D eigenvalue weighted by Gasteiger charge is 2.13. The molecule has 23 heavy (non-hydrogen) atoms. The molecule has 0 spiro atoms. The van der Waals surface area contributed by atoms with Gasteiger partial charge in [-0.25, -0.2) is 0 Å². The fourth-order valence-corrected chi connectivity index (χ4v) is 2.16. The molecule has 0 radical (unpaired) electrons. The Bertz CT molecular complexity index is 492. The number of hydrogen-bond donors (Lipinski definition) is 0. The SMILES string of the molecule is CC(=O)CCC(C)c1ccc(OCC(C)C)c(OCC(C)C)c1. The van der Waals surface area contributed by atoms with E-state index in [1.54, 1.807) is 6.92 Å². The Morgan fingerprint density at radius 1 is 0.957 bits per heavy atom. The molecule has 1 aromatic carbocycles. The molecule has 1 unspecified atom stereocenters. The highest BCUT2D eigenvalue weighted by Crippen LogP contribution is 2.33. The van der Waals surface area contributed by atoms with E-state index in [1.807, 2.05) is 6.07 Å². The first-order valence-corrected chi connectivity index (χ1v) is 8.68. The number of rotatable bonds is 10. The lowest BCUT2D eigenvalue weighted by Crippen LogP contribution is -2.09. The highest BCUT2D eigenvalue weighted by atomic mass is 16.5. The van der Waals surface area contributed by atoms with Gasteiger partial charge in [0, 0.05) is 6.42 Å². The van der Waals surface area contributed by atoms with E-state index in [1.165, 1.54) is 5.56 Å². The zero-order valence-electron chi connectivity index (χ0n) is 15.5. The van der Waals surface area contributed by atoms with Crippen LogP contribution >= 0.6 is 0 Å². The van der Waals surface area contributed by atoms with E-state index < -0.39 is 0 Å². The Balaban J connectivity index is 2.88. The fourth-order valence-electron chi connectivity index (χ4n) is 2.16. The first kappa shape index (κ1) is 19.5. The average molecular weight is 320 g/mol. The molecular formula is C20H32O3. The van der Waals surface area contributed by atoms with Gasteiger partial charge in [0.25, 0.3) is 0 Å². The molecule has 3 nitrogen and oxygen atoms in total. The van der Waals surface area contributed by atoms with Gasteiger partial charge < -0.3 is 14.3 Å². The van der Waals surface area contributed by atoms with Crippen molar-refractivity contribution in [1.82, 2.24) is 0 Å². The maximum Gasteiger partial charge on any atom is 0.161 e. The van der Waals surface area contributed by atoms with Crippen LogP contribution in [-0.2, 0) is 4.79 Å². The van der Waals surface area contributed by atoms with E-state index >= 15 is 0 Å². The zero-order chi connectivity index (χ0) is 17.4. The van der Waals surface area contributed by atoms with Crippen molar-refractivity contribution in [2.45, 2.75) is 60.3 Å². The zero-order valence-corrected chi connectivity index (χ0v) is 15.5. The average Bonchev–Trinajstić information content (AvgIpc) is 2.48. The van der Waals surface area contributed by atoms with E-state index in [4.69, 9.17) is 9.47 Å². The Morgan fingerprint density at radius 2 is 1.52 bits per heavy atom. The molecule has 0 heterocycles. The van der Waals surface area contributed by atoms with E-state index in [2.05, 4.69) is 46.8 Å². The van der Waals surface area contributed by atoms with Gasteiger partial charge in [0.2, 0.25) is 0 Å². The molecule has 0 saturated heterocycles. The third-order valence-electron chi connectivity index (χ3n) is 3.61. The first-order valence-electron chi connectivity index (χ1n) is 8.68. The van der Waals surface area contributed by atoms with Gasteiger partial charge in [-0.05, 0) is 48.8 Å². The molecule has 3 heteroatoms. The number of ketones is 1.